The van der Waals surface area contributed by atoms with Crippen molar-refractivity contribution >= 4 is 40.6 Å². The van der Waals surface area contributed by atoms with Crippen LogP contribution in [0, 0.1) is 11.8 Å². The molecule has 0 aliphatic heterocycles. The van der Waals surface area contributed by atoms with Crippen LogP contribution in [0.25, 0.3) is 0 Å². The standard InChI is InChI=1S/C13H17Cl3N2/c1-8-2-4-9(5-3-8)7-17-13-11(15)6-10(14)12(16)18-13/h6,8-9H,2-5,7H2,1H3,(H,17,18). The Labute approximate surface area is 123 Å². The number of nitrogens with one attached hydrogen (secondary N) is 1. The SMILES string of the molecule is CC1CCC(CNc2nc(Cl)c(Cl)cc2Cl)CC1. The molecule has 0 aromatic carbocycles. The van der Waals surface area contributed by atoms with E-state index in [0.29, 0.717) is 26.9 Å². The molecule has 1 heterocycles. The van der Waals surface area contributed by atoms with Gasteiger partial charge in [-0.1, -0.05) is 54.6 Å². The molecule has 1 fully saturated rings. The number of nitrogens with zero attached hydrogens (tertiary/aromatic N) is 1. The number of rotatable bonds is 3. The number of hydrogen-bond donors (Lipinski definition) is 1. The minimum Gasteiger partial charge on any atom is -0.369 e. The Morgan fingerprint density at radius 3 is 2.50 bits per heavy atom. The molecule has 1 N–H and O–H groups in total. The van der Waals surface area contributed by atoms with Gasteiger partial charge < -0.3 is 5.32 Å². The van der Waals surface area contributed by atoms with E-state index in [-0.39, 0.29) is 0 Å². The summed E-state index contributed by atoms with van der Waals surface area (Å²) in [5, 5.41) is 4.48. The molecule has 100 valence electrons. The first-order chi connectivity index (χ1) is 8.56. The predicted molar refractivity (Wildman–Crippen MR) is 78.9 cm³/mol. The van der Waals surface area contributed by atoms with Gasteiger partial charge in [-0.3, -0.25) is 0 Å². The van der Waals surface area contributed by atoms with Crippen LogP contribution in [-0.2, 0) is 0 Å². The Kier molecular flexibility index (Phi) is 4.99. The summed E-state index contributed by atoms with van der Waals surface area (Å²) in [5.74, 6) is 2.20. The van der Waals surface area contributed by atoms with Gasteiger partial charge in [-0.15, -0.1) is 0 Å². The first kappa shape index (κ1) is 14.2. The number of halogens is 3. The van der Waals surface area contributed by atoms with E-state index in [1.165, 1.54) is 25.7 Å². The maximum Gasteiger partial charge on any atom is 0.150 e. The van der Waals surface area contributed by atoms with Crippen LogP contribution < -0.4 is 5.32 Å². The molecule has 18 heavy (non-hydrogen) atoms. The zero-order chi connectivity index (χ0) is 13.1. The van der Waals surface area contributed by atoms with Crippen molar-refractivity contribution in [3.63, 3.8) is 0 Å². The lowest BCUT2D eigenvalue weighted by Gasteiger charge is -2.26. The molecule has 0 bridgehead atoms. The fourth-order valence-electron chi connectivity index (χ4n) is 2.34. The first-order valence-corrected chi connectivity index (χ1v) is 7.45. The summed E-state index contributed by atoms with van der Waals surface area (Å²) in [6.07, 6.45) is 5.17. The van der Waals surface area contributed by atoms with E-state index in [2.05, 4.69) is 17.2 Å². The first-order valence-electron chi connectivity index (χ1n) is 6.31. The van der Waals surface area contributed by atoms with Gasteiger partial charge in [0.05, 0.1) is 10.0 Å². The third kappa shape index (κ3) is 3.66. The van der Waals surface area contributed by atoms with Gasteiger partial charge in [0.15, 0.2) is 0 Å². The second-order valence-electron chi connectivity index (χ2n) is 5.10. The fraction of sp³-hybridized carbons (Fsp3) is 0.615. The van der Waals surface area contributed by atoms with Crippen LogP contribution >= 0.6 is 34.8 Å². The molecule has 1 aliphatic carbocycles. The maximum absolute atomic E-state index is 6.07. The quantitative estimate of drug-likeness (QED) is 0.768. The Morgan fingerprint density at radius 2 is 1.83 bits per heavy atom. The molecule has 0 radical (unpaired) electrons. The summed E-state index contributed by atoms with van der Waals surface area (Å²) in [6, 6.07) is 1.63. The van der Waals surface area contributed by atoms with Crippen LogP contribution in [-0.4, -0.2) is 11.5 Å². The van der Waals surface area contributed by atoms with E-state index in [1.807, 2.05) is 0 Å². The molecule has 0 spiro atoms. The largest absolute Gasteiger partial charge is 0.369 e. The molecule has 0 saturated heterocycles. The summed E-state index contributed by atoms with van der Waals surface area (Å²) in [5.41, 5.74) is 0. The fourth-order valence-corrected chi connectivity index (χ4v) is 2.91. The van der Waals surface area contributed by atoms with Crippen molar-refractivity contribution < 1.29 is 0 Å². The van der Waals surface area contributed by atoms with Gasteiger partial charge in [-0.05, 0) is 30.7 Å². The molecule has 5 heteroatoms. The number of pyridine rings is 1. The highest BCUT2D eigenvalue weighted by Crippen LogP contribution is 2.31. The monoisotopic (exact) mass is 306 g/mol. The topological polar surface area (TPSA) is 24.9 Å². The summed E-state index contributed by atoms with van der Waals surface area (Å²) < 4.78 is 0. The van der Waals surface area contributed by atoms with Gasteiger partial charge in [0.1, 0.15) is 11.0 Å². The van der Waals surface area contributed by atoms with Crippen LogP contribution in [0.3, 0.4) is 0 Å². The lowest BCUT2D eigenvalue weighted by Crippen LogP contribution is -2.20. The van der Waals surface area contributed by atoms with Gasteiger partial charge >= 0.3 is 0 Å². The van der Waals surface area contributed by atoms with Crippen molar-refractivity contribution in [2.45, 2.75) is 32.6 Å². The maximum atomic E-state index is 6.07. The Bertz CT molecular complexity index is 415. The lowest BCUT2D eigenvalue weighted by molar-refractivity contribution is 0.300. The molecule has 2 rings (SSSR count). The van der Waals surface area contributed by atoms with Crippen molar-refractivity contribution in [3.8, 4) is 0 Å². The van der Waals surface area contributed by atoms with Crippen molar-refractivity contribution in [1.82, 2.24) is 4.98 Å². The molecule has 1 aromatic heterocycles. The van der Waals surface area contributed by atoms with Gasteiger partial charge in [0, 0.05) is 6.54 Å². The molecule has 0 amide bonds. The highest BCUT2D eigenvalue weighted by molar-refractivity contribution is 6.42. The van der Waals surface area contributed by atoms with Crippen molar-refractivity contribution in [2.24, 2.45) is 11.8 Å². The summed E-state index contributed by atoms with van der Waals surface area (Å²) in [7, 11) is 0. The predicted octanol–water partition coefficient (Wildman–Crippen LogP) is 5.28. The van der Waals surface area contributed by atoms with E-state index >= 15 is 0 Å². The summed E-state index contributed by atoms with van der Waals surface area (Å²) >= 11 is 17.8. The normalized spacial score (nSPS) is 24.0. The smallest absolute Gasteiger partial charge is 0.150 e. The van der Waals surface area contributed by atoms with E-state index < -0.39 is 0 Å². The Morgan fingerprint density at radius 1 is 1.17 bits per heavy atom. The average molecular weight is 308 g/mol. The molecule has 0 unspecified atom stereocenters. The van der Waals surface area contributed by atoms with Crippen molar-refractivity contribution in [2.75, 3.05) is 11.9 Å². The van der Waals surface area contributed by atoms with Crippen LogP contribution in [0.1, 0.15) is 32.6 Å². The van der Waals surface area contributed by atoms with Gasteiger partial charge in [0.25, 0.3) is 0 Å². The molecule has 0 atom stereocenters. The average Bonchev–Trinajstić information content (AvgIpc) is 2.34. The number of anilines is 1. The van der Waals surface area contributed by atoms with E-state index in [0.717, 1.165) is 12.5 Å². The molecule has 1 saturated carbocycles. The molecule has 2 nitrogen and oxygen atoms in total. The molecule has 1 aliphatic rings. The number of aromatic nitrogens is 1. The highest BCUT2D eigenvalue weighted by Gasteiger charge is 2.18. The lowest BCUT2D eigenvalue weighted by atomic mass is 9.83. The zero-order valence-corrected chi connectivity index (χ0v) is 12.6. The van der Waals surface area contributed by atoms with Crippen LogP contribution in [0.5, 0.6) is 0 Å². The second-order valence-corrected chi connectivity index (χ2v) is 6.27. The minimum absolute atomic E-state index is 0.292. The van der Waals surface area contributed by atoms with E-state index in [1.54, 1.807) is 6.07 Å². The van der Waals surface area contributed by atoms with E-state index in [4.69, 9.17) is 34.8 Å². The van der Waals surface area contributed by atoms with E-state index in [9.17, 15) is 0 Å². The molecular formula is C13H17Cl3N2. The summed E-state index contributed by atoms with van der Waals surface area (Å²) in [6.45, 7) is 3.22. The molecule has 1 aromatic rings. The van der Waals surface area contributed by atoms with Crippen LogP contribution in [0.2, 0.25) is 15.2 Å². The minimum atomic E-state index is 0.292. The zero-order valence-electron chi connectivity index (χ0n) is 10.3. The van der Waals surface area contributed by atoms with Crippen molar-refractivity contribution in [1.29, 1.82) is 0 Å². The molecular weight excluding hydrogens is 291 g/mol. The Balaban J connectivity index is 1.92. The van der Waals surface area contributed by atoms with Crippen molar-refractivity contribution in [3.05, 3.63) is 21.3 Å². The van der Waals surface area contributed by atoms with Gasteiger partial charge in [-0.2, -0.15) is 0 Å². The third-order valence-corrected chi connectivity index (χ3v) is 4.54. The van der Waals surface area contributed by atoms with Gasteiger partial charge in [-0.25, -0.2) is 4.98 Å². The second kappa shape index (κ2) is 6.31. The Hall–Kier alpha value is -0.180. The summed E-state index contributed by atoms with van der Waals surface area (Å²) in [4.78, 5) is 4.16. The van der Waals surface area contributed by atoms with Crippen LogP contribution in [0.15, 0.2) is 6.07 Å². The van der Waals surface area contributed by atoms with Crippen LogP contribution in [0.4, 0.5) is 5.82 Å². The van der Waals surface area contributed by atoms with Gasteiger partial charge in [0.2, 0.25) is 0 Å². The number of hydrogen-bond acceptors (Lipinski definition) is 2. The third-order valence-electron chi connectivity index (χ3n) is 3.58. The highest BCUT2D eigenvalue weighted by atomic mass is 35.5.